The van der Waals surface area contributed by atoms with Gasteiger partial charge in [-0.15, -0.1) is 0 Å². The van der Waals surface area contributed by atoms with Crippen LogP contribution < -0.4 is 10.6 Å². The molecule has 294 valence electrons. The topological polar surface area (TPSA) is 223 Å². The van der Waals surface area contributed by atoms with Crippen molar-refractivity contribution < 1.29 is 48.0 Å². The maximum Gasteiger partial charge on any atom is 0.417 e. The number of fused-ring (bicyclic) bond motifs is 3. The molecule has 17 heteroatoms. The number of azide groups is 1. The Morgan fingerprint density at radius 2 is 1.44 bits per heavy atom. The van der Waals surface area contributed by atoms with Crippen LogP contribution in [0.25, 0.3) is 21.6 Å². The standard InChI is InChI=1S/C37H51N7O10/c1-36(2,3)53-34(48)42-32(44(35(49)54-37(4,5)6)19-21-51-23-22-50-20-18-40-43-38)39-17-11-16-30(31(45)46)41-33(47)52-24-29-27-14-9-7-12-25(27)26-13-8-10-15-28(26)29/h7-10,12-15,29-30H,11,16-24H2,1-6H3,(H,41,47)(H,45,46)(H,39,42,48)/t30-/m0/s1. The largest absolute Gasteiger partial charge is 0.480 e. The first-order valence-electron chi connectivity index (χ1n) is 17.6. The maximum atomic E-state index is 13.4. The van der Waals surface area contributed by atoms with Crippen LogP contribution in [0.2, 0.25) is 0 Å². The number of nitrogens with one attached hydrogen (secondary N) is 2. The number of hydrogen-bond acceptors (Lipinski definition) is 11. The van der Waals surface area contributed by atoms with E-state index in [0.717, 1.165) is 27.2 Å². The lowest BCUT2D eigenvalue weighted by Crippen LogP contribution is -2.51. The van der Waals surface area contributed by atoms with E-state index in [2.05, 4.69) is 25.7 Å². The van der Waals surface area contributed by atoms with Crippen molar-refractivity contribution in [3.05, 3.63) is 70.1 Å². The molecular weight excluding hydrogens is 702 g/mol. The average Bonchev–Trinajstić information content (AvgIpc) is 3.41. The van der Waals surface area contributed by atoms with E-state index in [1.807, 2.05) is 48.5 Å². The number of carboxylic acids is 1. The molecule has 3 N–H and O–H groups in total. The summed E-state index contributed by atoms with van der Waals surface area (Å²) in [6.07, 6.45) is -2.50. The zero-order valence-electron chi connectivity index (χ0n) is 31.7. The number of carbonyl (C=O) groups is 4. The van der Waals surface area contributed by atoms with Gasteiger partial charge in [0.25, 0.3) is 0 Å². The second kappa shape index (κ2) is 20.8. The van der Waals surface area contributed by atoms with Crippen molar-refractivity contribution in [1.82, 2.24) is 15.5 Å². The molecule has 54 heavy (non-hydrogen) atoms. The Balaban J connectivity index is 1.66. The van der Waals surface area contributed by atoms with Gasteiger partial charge in [0.2, 0.25) is 5.96 Å². The Morgan fingerprint density at radius 3 is 2.02 bits per heavy atom. The highest BCUT2D eigenvalue weighted by molar-refractivity contribution is 6.01. The van der Waals surface area contributed by atoms with Gasteiger partial charge in [-0.25, -0.2) is 24.1 Å². The summed E-state index contributed by atoms with van der Waals surface area (Å²) in [6, 6.07) is 14.4. The van der Waals surface area contributed by atoms with Gasteiger partial charge < -0.3 is 34.1 Å². The van der Waals surface area contributed by atoms with E-state index in [1.165, 1.54) is 0 Å². The summed E-state index contributed by atoms with van der Waals surface area (Å²) < 4.78 is 27.4. The van der Waals surface area contributed by atoms with Crippen LogP contribution in [-0.4, -0.2) is 110 Å². The number of hydrogen-bond donors (Lipinski definition) is 3. The number of carbonyl (C=O) groups excluding carboxylic acids is 3. The van der Waals surface area contributed by atoms with E-state index < -0.39 is 41.5 Å². The Morgan fingerprint density at radius 1 is 0.852 bits per heavy atom. The summed E-state index contributed by atoms with van der Waals surface area (Å²) in [5.41, 5.74) is 10.8. The first kappa shape index (κ1) is 43.0. The summed E-state index contributed by atoms with van der Waals surface area (Å²) in [5.74, 6) is -1.67. The van der Waals surface area contributed by atoms with Crippen LogP contribution in [0.4, 0.5) is 14.4 Å². The highest BCUT2D eigenvalue weighted by Crippen LogP contribution is 2.44. The van der Waals surface area contributed by atoms with Crippen LogP contribution in [0.3, 0.4) is 0 Å². The molecule has 3 amide bonds. The predicted octanol–water partition coefficient (Wildman–Crippen LogP) is 6.22. The van der Waals surface area contributed by atoms with Gasteiger partial charge in [-0.1, -0.05) is 53.6 Å². The lowest BCUT2D eigenvalue weighted by molar-refractivity contribution is -0.139. The normalized spacial score (nSPS) is 13.1. The molecule has 1 atom stereocenters. The Bertz CT molecular complexity index is 1620. The number of carboxylic acid groups (broad SMARTS) is 1. The zero-order chi connectivity index (χ0) is 39.7. The van der Waals surface area contributed by atoms with E-state index in [4.69, 9.17) is 29.2 Å². The van der Waals surface area contributed by atoms with Crippen LogP contribution >= 0.6 is 0 Å². The molecule has 1 aliphatic carbocycles. The van der Waals surface area contributed by atoms with E-state index in [-0.39, 0.29) is 77.4 Å². The third-order valence-corrected chi connectivity index (χ3v) is 7.56. The van der Waals surface area contributed by atoms with Crippen LogP contribution in [0.5, 0.6) is 0 Å². The van der Waals surface area contributed by atoms with Crippen LogP contribution in [0, 0.1) is 0 Å². The van der Waals surface area contributed by atoms with E-state index in [0.29, 0.717) is 0 Å². The number of ether oxygens (including phenoxy) is 5. The summed E-state index contributed by atoms with van der Waals surface area (Å²) >= 11 is 0. The third-order valence-electron chi connectivity index (χ3n) is 7.56. The van der Waals surface area contributed by atoms with Crippen molar-refractivity contribution >= 4 is 30.2 Å². The number of alkyl carbamates (subject to hydrolysis) is 2. The molecule has 1 aliphatic rings. The van der Waals surface area contributed by atoms with Crippen LogP contribution in [-0.2, 0) is 28.5 Å². The molecule has 17 nitrogen and oxygen atoms in total. The van der Waals surface area contributed by atoms with Crippen molar-refractivity contribution in [2.75, 3.05) is 52.7 Å². The predicted molar refractivity (Wildman–Crippen MR) is 199 cm³/mol. The fraction of sp³-hybridized carbons (Fsp3) is 0.541. The van der Waals surface area contributed by atoms with Gasteiger partial charge in [-0.3, -0.25) is 10.3 Å². The van der Waals surface area contributed by atoms with E-state index in [9.17, 15) is 24.3 Å². The van der Waals surface area contributed by atoms with Crippen molar-refractivity contribution in [3.63, 3.8) is 0 Å². The molecule has 3 rings (SSSR count). The molecule has 0 unspecified atom stereocenters. The molecule has 0 aliphatic heterocycles. The highest BCUT2D eigenvalue weighted by atomic mass is 16.6. The van der Waals surface area contributed by atoms with Crippen molar-refractivity contribution in [1.29, 1.82) is 0 Å². The smallest absolute Gasteiger partial charge is 0.417 e. The minimum atomic E-state index is -1.30. The van der Waals surface area contributed by atoms with Gasteiger partial charge in [0.1, 0.15) is 23.9 Å². The second-order valence-electron chi connectivity index (χ2n) is 14.1. The van der Waals surface area contributed by atoms with Crippen LogP contribution in [0.15, 0.2) is 58.6 Å². The maximum absolute atomic E-state index is 13.4. The molecule has 0 bridgehead atoms. The van der Waals surface area contributed by atoms with E-state index in [1.54, 1.807) is 41.5 Å². The minimum Gasteiger partial charge on any atom is -0.480 e. The number of guanidine groups is 1. The molecule has 0 heterocycles. The monoisotopic (exact) mass is 753 g/mol. The molecule has 0 spiro atoms. The number of aliphatic imine (C=N–C) groups is 1. The molecule has 0 fully saturated rings. The quantitative estimate of drug-likeness (QED) is 0.0315. The highest BCUT2D eigenvalue weighted by Gasteiger charge is 2.31. The van der Waals surface area contributed by atoms with Gasteiger partial charge in [0.05, 0.1) is 33.0 Å². The Labute approximate surface area is 315 Å². The Kier molecular flexibility index (Phi) is 16.5. The fourth-order valence-electron chi connectivity index (χ4n) is 5.34. The number of benzene rings is 2. The van der Waals surface area contributed by atoms with Crippen molar-refractivity contribution in [3.8, 4) is 11.1 Å². The van der Waals surface area contributed by atoms with Gasteiger partial charge >= 0.3 is 24.2 Å². The number of amides is 3. The average molecular weight is 754 g/mol. The number of nitrogens with zero attached hydrogens (tertiary/aromatic N) is 5. The summed E-state index contributed by atoms with van der Waals surface area (Å²) in [7, 11) is 0. The first-order valence-corrected chi connectivity index (χ1v) is 17.6. The molecule has 0 radical (unpaired) electrons. The first-order chi connectivity index (χ1) is 25.6. The number of aliphatic carboxylic acids is 1. The summed E-state index contributed by atoms with van der Waals surface area (Å²) in [6.45, 7) is 10.7. The van der Waals surface area contributed by atoms with Gasteiger partial charge in [-0.05, 0) is 82.2 Å². The minimum absolute atomic E-state index is 0.000877. The molecule has 0 saturated carbocycles. The number of rotatable bonds is 17. The molecular formula is C37H51N7O10. The van der Waals surface area contributed by atoms with Gasteiger partial charge in [0.15, 0.2) is 0 Å². The van der Waals surface area contributed by atoms with Crippen molar-refractivity contribution in [2.24, 2.45) is 10.1 Å². The lowest BCUT2D eigenvalue weighted by Gasteiger charge is -2.29. The summed E-state index contributed by atoms with van der Waals surface area (Å²) in [5, 5.41) is 18.2. The summed E-state index contributed by atoms with van der Waals surface area (Å²) in [4.78, 5) is 59.3. The van der Waals surface area contributed by atoms with Gasteiger partial charge in [0, 0.05) is 23.9 Å². The molecule has 2 aromatic carbocycles. The second-order valence-corrected chi connectivity index (χ2v) is 14.1. The lowest BCUT2D eigenvalue weighted by atomic mass is 9.98. The zero-order valence-corrected chi connectivity index (χ0v) is 31.7. The fourth-order valence-corrected chi connectivity index (χ4v) is 5.34. The molecule has 0 saturated heterocycles. The Hall–Kier alpha value is -5.38. The molecule has 0 aromatic heterocycles. The van der Waals surface area contributed by atoms with Gasteiger partial charge in [-0.2, -0.15) is 0 Å². The SMILES string of the molecule is CC(C)(C)OC(=O)NC(=NCCC[C@H](NC(=O)OCC1c2ccccc2-c2ccccc21)C(=O)O)N(CCOCCOCCN=[N+]=[N-])C(=O)OC(C)(C)C. The van der Waals surface area contributed by atoms with Crippen molar-refractivity contribution in [2.45, 2.75) is 77.5 Å². The van der Waals surface area contributed by atoms with Crippen LogP contribution in [0.1, 0.15) is 71.4 Å². The third kappa shape index (κ3) is 14.6. The van der Waals surface area contributed by atoms with E-state index >= 15 is 0 Å². The molecule has 2 aromatic rings.